The highest BCUT2D eigenvalue weighted by molar-refractivity contribution is 9.10. The normalized spacial score (nSPS) is 12.4. The van der Waals surface area contributed by atoms with Crippen LogP contribution in [0.2, 0.25) is 0 Å². The summed E-state index contributed by atoms with van der Waals surface area (Å²) in [5.74, 6) is -0.221. The molecular weight excluding hydrogens is 293 g/mol. The molecule has 0 amide bonds. The zero-order chi connectivity index (χ0) is 13.0. The van der Waals surface area contributed by atoms with Crippen LogP contribution in [0.1, 0.15) is 17.2 Å². The van der Waals surface area contributed by atoms with E-state index in [2.05, 4.69) is 33.4 Å². The van der Waals surface area contributed by atoms with Crippen LogP contribution < -0.4 is 5.32 Å². The van der Waals surface area contributed by atoms with Gasteiger partial charge in [0.2, 0.25) is 0 Å². The van der Waals surface area contributed by atoms with Gasteiger partial charge in [-0.25, -0.2) is 4.39 Å². The first-order valence-corrected chi connectivity index (χ1v) is 6.66. The van der Waals surface area contributed by atoms with Gasteiger partial charge in [0.05, 0.1) is 4.47 Å². The molecule has 0 spiro atoms. The highest BCUT2D eigenvalue weighted by atomic mass is 79.9. The Balaban J connectivity index is 2.26. The van der Waals surface area contributed by atoms with Gasteiger partial charge in [0, 0.05) is 6.04 Å². The summed E-state index contributed by atoms with van der Waals surface area (Å²) in [4.78, 5) is 0. The fourth-order valence-electron chi connectivity index (χ4n) is 2.01. The van der Waals surface area contributed by atoms with Crippen LogP contribution >= 0.6 is 15.9 Å². The third-order valence-corrected chi connectivity index (χ3v) is 3.82. The lowest BCUT2D eigenvalue weighted by atomic mass is 9.99. The zero-order valence-corrected chi connectivity index (χ0v) is 11.7. The van der Waals surface area contributed by atoms with Crippen molar-refractivity contribution in [2.24, 2.45) is 0 Å². The Kier molecular flexibility index (Phi) is 4.50. The summed E-state index contributed by atoms with van der Waals surface area (Å²) in [6.07, 6.45) is 0.833. The Morgan fingerprint density at radius 1 is 1.11 bits per heavy atom. The van der Waals surface area contributed by atoms with E-state index in [0.29, 0.717) is 4.47 Å². The number of likely N-dealkylation sites (N-methyl/N-ethyl adjacent to an activating group) is 1. The molecule has 0 bridgehead atoms. The molecule has 2 rings (SSSR count). The first-order valence-electron chi connectivity index (χ1n) is 5.87. The number of rotatable bonds is 4. The molecule has 1 nitrogen and oxygen atoms in total. The van der Waals surface area contributed by atoms with Gasteiger partial charge in [-0.15, -0.1) is 0 Å². The maximum atomic E-state index is 13.5. The van der Waals surface area contributed by atoms with E-state index >= 15 is 0 Å². The van der Waals surface area contributed by atoms with Crippen molar-refractivity contribution in [1.82, 2.24) is 5.32 Å². The van der Waals surface area contributed by atoms with Crippen LogP contribution in [0, 0.1) is 5.82 Å². The van der Waals surface area contributed by atoms with E-state index in [1.807, 2.05) is 31.3 Å². The van der Waals surface area contributed by atoms with Crippen LogP contribution in [0.25, 0.3) is 0 Å². The van der Waals surface area contributed by atoms with Gasteiger partial charge < -0.3 is 5.32 Å². The minimum atomic E-state index is -0.221. The highest BCUT2D eigenvalue weighted by Crippen LogP contribution is 2.28. The van der Waals surface area contributed by atoms with E-state index in [0.717, 1.165) is 12.0 Å². The summed E-state index contributed by atoms with van der Waals surface area (Å²) in [6.45, 7) is 0. The van der Waals surface area contributed by atoms with Crippen molar-refractivity contribution in [3.63, 3.8) is 0 Å². The summed E-state index contributed by atoms with van der Waals surface area (Å²) in [7, 11) is 1.89. The number of benzene rings is 2. The Morgan fingerprint density at radius 3 is 2.50 bits per heavy atom. The van der Waals surface area contributed by atoms with Crippen LogP contribution in [0.4, 0.5) is 4.39 Å². The van der Waals surface area contributed by atoms with E-state index in [1.54, 1.807) is 6.07 Å². The predicted octanol–water partition coefficient (Wildman–Crippen LogP) is 4.09. The summed E-state index contributed by atoms with van der Waals surface area (Å²) in [6, 6.07) is 15.4. The Hall–Kier alpha value is -1.19. The third kappa shape index (κ3) is 2.98. The summed E-state index contributed by atoms with van der Waals surface area (Å²) >= 11 is 3.32. The monoisotopic (exact) mass is 307 g/mol. The standard InChI is InChI=1S/C15H15BrFN/c1-18-14(10-11-6-3-2-4-7-11)12-8-5-9-13(17)15(12)16/h2-9,14,18H,10H2,1H3. The van der Waals surface area contributed by atoms with Crippen LogP contribution in [-0.4, -0.2) is 7.05 Å². The van der Waals surface area contributed by atoms with Gasteiger partial charge in [0.25, 0.3) is 0 Å². The quantitative estimate of drug-likeness (QED) is 0.897. The second kappa shape index (κ2) is 6.12. The van der Waals surface area contributed by atoms with Crippen molar-refractivity contribution in [1.29, 1.82) is 0 Å². The molecule has 0 aromatic heterocycles. The molecule has 3 heteroatoms. The van der Waals surface area contributed by atoms with E-state index in [9.17, 15) is 4.39 Å². The average Bonchev–Trinajstić information content (AvgIpc) is 2.41. The fraction of sp³-hybridized carbons (Fsp3) is 0.200. The average molecular weight is 308 g/mol. The van der Waals surface area contributed by atoms with Gasteiger partial charge >= 0.3 is 0 Å². The molecule has 0 fully saturated rings. The Labute approximate surface area is 115 Å². The number of hydrogen-bond donors (Lipinski definition) is 1. The predicted molar refractivity (Wildman–Crippen MR) is 76.0 cm³/mol. The SMILES string of the molecule is CNC(Cc1ccccc1)c1cccc(F)c1Br. The molecule has 0 saturated heterocycles. The second-order valence-electron chi connectivity index (χ2n) is 4.17. The van der Waals surface area contributed by atoms with Crippen LogP contribution in [0.3, 0.4) is 0 Å². The van der Waals surface area contributed by atoms with Crippen LogP contribution in [0.15, 0.2) is 53.0 Å². The number of halogens is 2. The van der Waals surface area contributed by atoms with Gasteiger partial charge in [0.15, 0.2) is 0 Å². The molecule has 1 N–H and O–H groups in total. The van der Waals surface area contributed by atoms with Gasteiger partial charge in [-0.1, -0.05) is 42.5 Å². The van der Waals surface area contributed by atoms with Crippen molar-refractivity contribution >= 4 is 15.9 Å². The molecular formula is C15H15BrFN. The number of nitrogens with one attached hydrogen (secondary N) is 1. The summed E-state index contributed by atoms with van der Waals surface area (Å²) in [5.41, 5.74) is 2.18. The third-order valence-electron chi connectivity index (χ3n) is 2.99. The highest BCUT2D eigenvalue weighted by Gasteiger charge is 2.15. The zero-order valence-electron chi connectivity index (χ0n) is 10.2. The van der Waals surface area contributed by atoms with Crippen molar-refractivity contribution in [2.45, 2.75) is 12.5 Å². The van der Waals surface area contributed by atoms with Gasteiger partial charge in [-0.3, -0.25) is 0 Å². The lowest BCUT2D eigenvalue weighted by Crippen LogP contribution is -2.19. The number of hydrogen-bond acceptors (Lipinski definition) is 1. The van der Waals surface area contributed by atoms with Crippen molar-refractivity contribution in [3.05, 3.63) is 69.9 Å². The maximum absolute atomic E-state index is 13.5. The van der Waals surface area contributed by atoms with E-state index in [1.165, 1.54) is 11.6 Å². The molecule has 0 aliphatic heterocycles. The van der Waals surface area contributed by atoms with Gasteiger partial charge in [-0.2, -0.15) is 0 Å². The maximum Gasteiger partial charge on any atom is 0.137 e. The van der Waals surface area contributed by atoms with E-state index in [-0.39, 0.29) is 11.9 Å². The van der Waals surface area contributed by atoms with Crippen molar-refractivity contribution in [3.8, 4) is 0 Å². The van der Waals surface area contributed by atoms with E-state index < -0.39 is 0 Å². The largest absolute Gasteiger partial charge is 0.313 e. The van der Waals surface area contributed by atoms with E-state index in [4.69, 9.17) is 0 Å². The Morgan fingerprint density at radius 2 is 1.83 bits per heavy atom. The first kappa shape index (κ1) is 13.2. The summed E-state index contributed by atoms with van der Waals surface area (Å²) in [5, 5.41) is 3.24. The molecule has 1 atom stereocenters. The van der Waals surface area contributed by atoms with Crippen LogP contribution in [0.5, 0.6) is 0 Å². The molecule has 0 aliphatic carbocycles. The lowest BCUT2D eigenvalue weighted by Gasteiger charge is -2.18. The molecule has 2 aromatic rings. The first-order chi connectivity index (χ1) is 8.72. The van der Waals surface area contributed by atoms with Crippen molar-refractivity contribution < 1.29 is 4.39 Å². The summed E-state index contributed by atoms with van der Waals surface area (Å²) < 4.78 is 14.1. The molecule has 0 saturated carbocycles. The smallest absolute Gasteiger partial charge is 0.137 e. The molecule has 2 aromatic carbocycles. The Bertz CT molecular complexity index is 513. The lowest BCUT2D eigenvalue weighted by molar-refractivity contribution is 0.571. The molecule has 0 radical (unpaired) electrons. The fourth-order valence-corrected chi connectivity index (χ4v) is 2.55. The minimum absolute atomic E-state index is 0.0949. The second-order valence-corrected chi connectivity index (χ2v) is 4.97. The van der Waals surface area contributed by atoms with Gasteiger partial charge in [0.1, 0.15) is 5.82 Å². The minimum Gasteiger partial charge on any atom is -0.313 e. The molecule has 0 aliphatic rings. The molecule has 18 heavy (non-hydrogen) atoms. The molecule has 1 unspecified atom stereocenters. The molecule has 0 heterocycles. The van der Waals surface area contributed by atoms with Gasteiger partial charge in [-0.05, 0) is 46.6 Å². The van der Waals surface area contributed by atoms with Crippen LogP contribution in [-0.2, 0) is 6.42 Å². The van der Waals surface area contributed by atoms with Crippen molar-refractivity contribution in [2.75, 3.05) is 7.05 Å². The molecule has 94 valence electrons. The topological polar surface area (TPSA) is 12.0 Å².